The third-order valence-electron chi connectivity index (χ3n) is 7.16. The summed E-state index contributed by atoms with van der Waals surface area (Å²) >= 11 is 1.45. The lowest BCUT2D eigenvalue weighted by Gasteiger charge is -2.23. The Morgan fingerprint density at radius 3 is 1.98 bits per heavy atom. The summed E-state index contributed by atoms with van der Waals surface area (Å²) in [7, 11) is 0. The maximum atomic E-state index is 13.2. The van der Waals surface area contributed by atoms with E-state index in [9.17, 15) is 33.9 Å². The Hall–Kier alpha value is -4.43. The molecule has 0 unspecified atom stereocenters. The number of esters is 1. The van der Waals surface area contributed by atoms with Crippen molar-refractivity contribution >= 4 is 47.3 Å². The van der Waals surface area contributed by atoms with Crippen LogP contribution in [-0.2, 0) is 46.5 Å². The molecule has 4 atom stereocenters. The lowest BCUT2D eigenvalue weighted by atomic mass is 10.0. The van der Waals surface area contributed by atoms with Crippen LogP contribution in [0.1, 0.15) is 50.7 Å². The van der Waals surface area contributed by atoms with Gasteiger partial charge in [0.05, 0.1) is 12.6 Å². The van der Waals surface area contributed by atoms with Crippen molar-refractivity contribution in [3.8, 4) is 0 Å². The number of hydrogen-bond acceptors (Lipinski definition) is 9. The number of nitrogens with two attached hydrogens (primary N) is 1. The standard InChI is InChI=1S/C34H47N5O8S/c1-22(2)18-27(33(44)38-26(34(45)46)16-17-48-3)37-29(40)20-36-32(43)28(19-23-10-6-4-7-11-23)39-31(42)25(35)14-15-30(41)47-21-24-12-8-5-9-13-24/h4-13,22,25-28H,14-21,35H2,1-3H3,(H,36,43)(H,37,40)(H,38,44)(H,39,42)(H,45,46)/t25-,26-,27-,28-/m0/s1. The number of rotatable bonds is 21. The first-order valence-electron chi connectivity index (χ1n) is 15.8. The molecule has 4 amide bonds. The van der Waals surface area contributed by atoms with Crippen LogP contribution in [0.25, 0.3) is 0 Å². The lowest BCUT2D eigenvalue weighted by molar-refractivity contribution is -0.145. The largest absolute Gasteiger partial charge is 0.480 e. The van der Waals surface area contributed by atoms with Gasteiger partial charge in [-0.25, -0.2) is 4.79 Å². The molecule has 48 heavy (non-hydrogen) atoms. The average Bonchev–Trinajstić information content (AvgIpc) is 3.06. The van der Waals surface area contributed by atoms with Crippen LogP contribution < -0.4 is 27.0 Å². The predicted octanol–water partition coefficient (Wildman–Crippen LogP) is 1.53. The molecule has 0 aliphatic heterocycles. The summed E-state index contributed by atoms with van der Waals surface area (Å²) in [6.07, 6.45) is 2.26. The van der Waals surface area contributed by atoms with Crippen LogP contribution in [0.3, 0.4) is 0 Å². The highest BCUT2D eigenvalue weighted by Crippen LogP contribution is 2.09. The van der Waals surface area contributed by atoms with Crippen molar-refractivity contribution in [3.63, 3.8) is 0 Å². The van der Waals surface area contributed by atoms with E-state index in [0.29, 0.717) is 5.75 Å². The van der Waals surface area contributed by atoms with Crippen molar-refractivity contribution in [3.05, 3.63) is 71.8 Å². The summed E-state index contributed by atoms with van der Waals surface area (Å²) in [4.78, 5) is 75.9. The first-order valence-corrected chi connectivity index (χ1v) is 17.2. The minimum Gasteiger partial charge on any atom is -0.480 e. The molecule has 7 N–H and O–H groups in total. The number of aliphatic carboxylic acids is 1. The quantitative estimate of drug-likeness (QED) is 0.105. The van der Waals surface area contributed by atoms with Gasteiger partial charge in [-0.2, -0.15) is 11.8 Å². The molecule has 0 bridgehead atoms. The molecule has 0 aliphatic rings. The molecule has 0 radical (unpaired) electrons. The Bertz CT molecular complexity index is 1350. The van der Waals surface area contributed by atoms with E-state index in [1.54, 1.807) is 30.3 Å². The van der Waals surface area contributed by atoms with Gasteiger partial charge in [0.15, 0.2) is 0 Å². The van der Waals surface area contributed by atoms with Crippen molar-refractivity contribution in [2.24, 2.45) is 11.7 Å². The fraction of sp³-hybridized carbons (Fsp3) is 0.471. The van der Waals surface area contributed by atoms with Crippen molar-refractivity contribution in [1.82, 2.24) is 21.3 Å². The Morgan fingerprint density at radius 2 is 1.40 bits per heavy atom. The molecule has 2 rings (SSSR count). The lowest BCUT2D eigenvalue weighted by Crippen LogP contribution is -2.55. The normalized spacial score (nSPS) is 13.4. The number of thioether (sulfide) groups is 1. The monoisotopic (exact) mass is 685 g/mol. The molecule has 0 fully saturated rings. The zero-order valence-corrected chi connectivity index (χ0v) is 28.4. The second-order valence-corrected chi connectivity index (χ2v) is 12.7. The minimum atomic E-state index is -1.17. The number of benzene rings is 2. The van der Waals surface area contributed by atoms with Crippen molar-refractivity contribution in [2.75, 3.05) is 18.6 Å². The zero-order valence-electron chi connectivity index (χ0n) is 27.6. The maximum Gasteiger partial charge on any atom is 0.326 e. The zero-order chi connectivity index (χ0) is 35.5. The molecule has 0 aromatic heterocycles. The number of carboxylic acid groups (broad SMARTS) is 1. The molecule has 0 aliphatic carbocycles. The number of amides is 4. The molecule has 0 saturated carbocycles. The van der Waals surface area contributed by atoms with Gasteiger partial charge in [0.1, 0.15) is 24.7 Å². The van der Waals surface area contributed by atoms with E-state index in [4.69, 9.17) is 10.5 Å². The first kappa shape index (κ1) is 39.7. The Kier molecular flexibility index (Phi) is 17.8. The molecule has 0 heterocycles. The smallest absolute Gasteiger partial charge is 0.326 e. The van der Waals surface area contributed by atoms with E-state index >= 15 is 0 Å². The van der Waals surface area contributed by atoms with E-state index in [-0.39, 0.29) is 44.6 Å². The fourth-order valence-corrected chi connectivity index (χ4v) is 5.03. The number of carbonyl (C=O) groups is 6. The van der Waals surface area contributed by atoms with Gasteiger partial charge in [0.2, 0.25) is 23.6 Å². The van der Waals surface area contributed by atoms with E-state index in [1.165, 1.54) is 11.8 Å². The van der Waals surface area contributed by atoms with Crippen LogP contribution in [0.15, 0.2) is 60.7 Å². The number of hydrogen-bond donors (Lipinski definition) is 6. The van der Waals surface area contributed by atoms with Gasteiger partial charge in [-0.3, -0.25) is 24.0 Å². The maximum absolute atomic E-state index is 13.2. The molecule has 2 aromatic carbocycles. The molecule has 262 valence electrons. The van der Waals surface area contributed by atoms with Gasteiger partial charge in [0, 0.05) is 12.8 Å². The summed E-state index contributed by atoms with van der Waals surface area (Å²) in [5.41, 5.74) is 7.61. The second-order valence-electron chi connectivity index (χ2n) is 11.7. The predicted molar refractivity (Wildman–Crippen MR) is 182 cm³/mol. The van der Waals surface area contributed by atoms with Crippen molar-refractivity contribution in [2.45, 2.75) is 76.7 Å². The molecule has 13 nitrogen and oxygen atoms in total. The van der Waals surface area contributed by atoms with Crippen LogP contribution >= 0.6 is 11.8 Å². The third kappa shape index (κ3) is 15.4. The third-order valence-corrected chi connectivity index (χ3v) is 7.81. The second kappa shape index (κ2) is 21.4. The number of carboxylic acids is 1. The van der Waals surface area contributed by atoms with Gasteiger partial charge in [-0.05, 0) is 48.3 Å². The Labute approximate surface area is 285 Å². The molecule has 14 heteroatoms. The van der Waals surface area contributed by atoms with Gasteiger partial charge in [-0.1, -0.05) is 74.5 Å². The summed E-state index contributed by atoms with van der Waals surface area (Å²) in [5, 5.41) is 19.7. The number of carbonyl (C=O) groups excluding carboxylic acids is 5. The van der Waals surface area contributed by atoms with Gasteiger partial charge < -0.3 is 36.8 Å². The Morgan fingerprint density at radius 1 is 0.792 bits per heavy atom. The van der Waals surface area contributed by atoms with E-state index in [0.717, 1.165) is 11.1 Å². The molecule has 2 aromatic rings. The van der Waals surface area contributed by atoms with Gasteiger partial charge in [0.25, 0.3) is 0 Å². The summed E-state index contributed by atoms with van der Waals surface area (Å²) in [6, 6.07) is 13.7. The minimum absolute atomic E-state index is 0.00879. The highest BCUT2D eigenvalue weighted by atomic mass is 32.2. The summed E-state index contributed by atoms with van der Waals surface area (Å²) in [5.74, 6) is -3.80. The summed E-state index contributed by atoms with van der Waals surface area (Å²) in [6.45, 7) is 3.30. The van der Waals surface area contributed by atoms with E-state index < -0.39 is 66.3 Å². The topological polar surface area (TPSA) is 206 Å². The molecular formula is C34H47N5O8S. The van der Waals surface area contributed by atoms with Crippen LogP contribution in [0, 0.1) is 5.92 Å². The SMILES string of the molecule is CSCC[C@H](NC(=O)[C@H](CC(C)C)NC(=O)CNC(=O)[C@H](Cc1ccccc1)NC(=O)[C@@H](N)CCC(=O)OCc1ccccc1)C(=O)O. The number of nitrogens with one attached hydrogen (secondary N) is 4. The van der Waals surface area contributed by atoms with Crippen LogP contribution in [0.5, 0.6) is 0 Å². The van der Waals surface area contributed by atoms with Gasteiger partial charge in [-0.15, -0.1) is 0 Å². The molecular weight excluding hydrogens is 638 g/mol. The summed E-state index contributed by atoms with van der Waals surface area (Å²) < 4.78 is 5.24. The van der Waals surface area contributed by atoms with Crippen LogP contribution in [0.2, 0.25) is 0 Å². The van der Waals surface area contributed by atoms with E-state index in [2.05, 4.69) is 21.3 Å². The highest BCUT2D eigenvalue weighted by Gasteiger charge is 2.28. The van der Waals surface area contributed by atoms with Gasteiger partial charge >= 0.3 is 11.9 Å². The van der Waals surface area contributed by atoms with Crippen LogP contribution in [0.4, 0.5) is 0 Å². The first-order chi connectivity index (χ1) is 22.9. The molecule has 0 saturated heterocycles. The fourth-order valence-electron chi connectivity index (χ4n) is 4.56. The number of ether oxygens (including phenoxy) is 1. The van der Waals surface area contributed by atoms with Crippen LogP contribution in [-0.4, -0.2) is 83.4 Å². The van der Waals surface area contributed by atoms with Crippen molar-refractivity contribution in [1.29, 1.82) is 0 Å². The van der Waals surface area contributed by atoms with E-state index in [1.807, 2.05) is 50.4 Å². The van der Waals surface area contributed by atoms with Crippen molar-refractivity contribution < 1.29 is 38.6 Å². The Balaban J connectivity index is 1.99. The highest BCUT2D eigenvalue weighted by molar-refractivity contribution is 7.98. The molecule has 0 spiro atoms. The average molecular weight is 686 g/mol.